The van der Waals surface area contributed by atoms with Crippen LogP contribution in [0.3, 0.4) is 0 Å². The smallest absolute Gasteiger partial charge is 0.254 e. The molecule has 0 atom stereocenters. The topological polar surface area (TPSA) is 40.6 Å². The highest BCUT2D eigenvalue weighted by atomic mass is 16.2. The first-order chi connectivity index (χ1) is 17.1. The van der Waals surface area contributed by atoms with Gasteiger partial charge in [-0.3, -0.25) is 9.59 Å². The van der Waals surface area contributed by atoms with E-state index in [1.807, 2.05) is 58.3 Å². The average Bonchev–Trinajstić information content (AvgIpc) is 3.22. The molecule has 35 heavy (non-hydrogen) atoms. The summed E-state index contributed by atoms with van der Waals surface area (Å²) in [5.41, 5.74) is 2.90. The summed E-state index contributed by atoms with van der Waals surface area (Å²) in [6, 6.07) is 17.6. The van der Waals surface area contributed by atoms with Crippen LogP contribution in [0, 0.1) is 0 Å². The second-order valence-electron chi connectivity index (χ2n) is 9.52. The molecule has 0 spiro atoms. The van der Waals surface area contributed by atoms with E-state index in [9.17, 15) is 9.59 Å². The minimum absolute atomic E-state index is 0.174. The number of carbonyl (C=O) groups is 2. The van der Waals surface area contributed by atoms with Crippen LogP contribution in [0.5, 0.6) is 0 Å². The summed E-state index contributed by atoms with van der Waals surface area (Å²) in [6.07, 6.45) is 12.1. The van der Waals surface area contributed by atoms with Crippen LogP contribution in [0.4, 0.5) is 0 Å². The lowest BCUT2D eigenvalue weighted by Gasteiger charge is -2.22. The van der Waals surface area contributed by atoms with Gasteiger partial charge in [0.1, 0.15) is 0 Å². The Labute approximate surface area is 213 Å². The Morgan fingerprint density at radius 2 is 1.31 bits per heavy atom. The van der Waals surface area contributed by atoms with Crippen molar-refractivity contribution in [3.8, 4) is 0 Å². The number of nitrogens with zero attached hydrogens (tertiary/aromatic N) is 2. The van der Waals surface area contributed by atoms with Crippen molar-refractivity contribution in [1.29, 1.82) is 0 Å². The lowest BCUT2D eigenvalue weighted by molar-refractivity contribution is 0.0749. The summed E-state index contributed by atoms with van der Waals surface area (Å²) in [6.45, 7) is 10.0. The van der Waals surface area contributed by atoms with Crippen molar-refractivity contribution < 1.29 is 9.59 Å². The first kappa shape index (κ1) is 28.6. The van der Waals surface area contributed by atoms with Crippen molar-refractivity contribution in [2.24, 2.45) is 0 Å². The molecule has 0 bridgehead atoms. The summed E-state index contributed by atoms with van der Waals surface area (Å²) in [7, 11) is 0. The molecule has 2 aromatic carbocycles. The van der Waals surface area contributed by atoms with E-state index in [-0.39, 0.29) is 11.8 Å². The number of carbonyl (C=O) groups excluding carboxylic acids is 2. The van der Waals surface area contributed by atoms with E-state index in [1.54, 1.807) is 0 Å². The van der Waals surface area contributed by atoms with Gasteiger partial charge >= 0.3 is 0 Å². The maximum atomic E-state index is 12.3. The second-order valence-corrected chi connectivity index (χ2v) is 9.52. The highest BCUT2D eigenvalue weighted by Crippen LogP contribution is 2.22. The van der Waals surface area contributed by atoms with Crippen LogP contribution < -0.4 is 0 Å². The zero-order valence-electron chi connectivity index (χ0n) is 22.3. The third-order valence-electron chi connectivity index (χ3n) is 6.55. The maximum absolute atomic E-state index is 12.3. The lowest BCUT2D eigenvalue weighted by atomic mass is 10.1. The van der Waals surface area contributed by atoms with E-state index >= 15 is 0 Å². The van der Waals surface area contributed by atoms with Crippen molar-refractivity contribution in [2.45, 2.75) is 91.5 Å². The SMILES string of the molecule is CCCCCCCCN1Cc2ccccc2C1=O.CCCCN(CCCC)C(=O)c1ccccc1. The second kappa shape index (κ2) is 16.9. The summed E-state index contributed by atoms with van der Waals surface area (Å²) < 4.78 is 0. The summed E-state index contributed by atoms with van der Waals surface area (Å²) in [5.74, 6) is 0.395. The van der Waals surface area contributed by atoms with Crippen LogP contribution in [-0.2, 0) is 6.54 Å². The van der Waals surface area contributed by atoms with Crippen LogP contribution >= 0.6 is 0 Å². The highest BCUT2D eigenvalue weighted by Gasteiger charge is 2.25. The van der Waals surface area contributed by atoms with Crippen molar-refractivity contribution in [3.63, 3.8) is 0 Å². The fourth-order valence-corrected chi connectivity index (χ4v) is 4.35. The minimum atomic E-state index is 0.174. The Morgan fingerprint density at radius 1 is 0.743 bits per heavy atom. The van der Waals surface area contributed by atoms with E-state index in [0.29, 0.717) is 0 Å². The van der Waals surface area contributed by atoms with Crippen LogP contribution in [0.15, 0.2) is 54.6 Å². The van der Waals surface area contributed by atoms with E-state index in [0.717, 1.165) is 69.4 Å². The van der Waals surface area contributed by atoms with Gasteiger partial charge in [-0.1, -0.05) is 102 Å². The number of rotatable bonds is 14. The minimum Gasteiger partial charge on any atom is -0.339 e. The molecule has 1 aliphatic rings. The molecule has 0 N–H and O–H groups in total. The van der Waals surface area contributed by atoms with Crippen molar-refractivity contribution in [3.05, 3.63) is 71.3 Å². The monoisotopic (exact) mass is 478 g/mol. The largest absolute Gasteiger partial charge is 0.339 e. The molecule has 1 aliphatic heterocycles. The van der Waals surface area contributed by atoms with E-state index in [1.165, 1.54) is 37.7 Å². The molecule has 1 heterocycles. The zero-order valence-corrected chi connectivity index (χ0v) is 22.3. The van der Waals surface area contributed by atoms with Gasteiger partial charge in [0, 0.05) is 37.3 Å². The van der Waals surface area contributed by atoms with Crippen LogP contribution in [0.1, 0.15) is 111 Å². The first-order valence-corrected chi connectivity index (χ1v) is 13.8. The van der Waals surface area contributed by atoms with Gasteiger partial charge in [-0.25, -0.2) is 0 Å². The molecule has 2 amide bonds. The van der Waals surface area contributed by atoms with Gasteiger partial charge < -0.3 is 9.80 Å². The highest BCUT2D eigenvalue weighted by molar-refractivity contribution is 5.98. The molecule has 4 heteroatoms. The van der Waals surface area contributed by atoms with Gasteiger partial charge in [0.15, 0.2) is 0 Å². The Hall–Kier alpha value is -2.62. The van der Waals surface area contributed by atoms with Gasteiger partial charge in [-0.05, 0) is 43.0 Å². The third-order valence-corrected chi connectivity index (χ3v) is 6.55. The summed E-state index contributed by atoms with van der Waals surface area (Å²) in [5, 5.41) is 0. The first-order valence-electron chi connectivity index (χ1n) is 13.8. The molecule has 3 rings (SSSR count). The van der Waals surface area contributed by atoms with Crippen molar-refractivity contribution in [1.82, 2.24) is 9.80 Å². The fourth-order valence-electron chi connectivity index (χ4n) is 4.35. The molecule has 0 unspecified atom stereocenters. The Bertz CT molecular complexity index is 857. The van der Waals surface area contributed by atoms with Gasteiger partial charge in [0.25, 0.3) is 11.8 Å². The van der Waals surface area contributed by atoms with Crippen molar-refractivity contribution in [2.75, 3.05) is 19.6 Å². The standard InChI is InChI=1S/C16H23NO.C15H23NO/c1-2-3-4-5-6-9-12-17-13-14-10-7-8-11-15(14)16(17)18;1-3-5-12-16(13-6-4-2)15(17)14-10-8-7-9-11-14/h7-8,10-11H,2-6,9,12-13H2,1H3;7-11H,3-6,12-13H2,1-2H3. The van der Waals surface area contributed by atoms with Gasteiger partial charge in [0.05, 0.1) is 0 Å². The lowest BCUT2D eigenvalue weighted by Crippen LogP contribution is -2.32. The predicted molar refractivity (Wildman–Crippen MR) is 147 cm³/mol. The Morgan fingerprint density at radius 3 is 1.94 bits per heavy atom. The normalized spacial score (nSPS) is 12.2. The van der Waals surface area contributed by atoms with Crippen molar-refractivity contribution >= 4 is 11.8 Å². The molecular weight excluding hydrogens is 432 g/mol. The Balaban J connectivity index is 0.000000247. The van der Waals surface area contributed by atoms with E-state index < -0.39 is 0 Å². The molecule has 0 aliphatic carbocycles. The quantitative estimate of drug-likeness (QED) is 0.261. The summed E-state index contributed by atoms with van der Waals surface area (Å²) in [4.78, 5) is 28.4. The van der Waals surface area contributed by atoms with Crippen LogP contribution in [-0.4, -0.2) is 41.2 Å². The molecule has 0 fully saturated rings. The number of hydrogen-bond donors (Lipinski definition) is 0. The van der Waals surface area contributed by atoms with Gasteiger partial charge in [-0.15, -0.1) is 0 Å². The number of hydrogen-bond acceptors (Lipinski definition) is 2. The van der Waals surface area contributed by atoms with E-state index in [2.05, 4.69) is 26.8 Å². The third kappa shape index (κ3) is 9.87. The van der Waals surface area contributed by atoms with Crippen LogP contribution in [0.2, 0.25) is 0 Å². The molecule has 192 valence electrons. The molecular formula is C31H46N2O2. The molecule has 0 aromatic heterocycles. The maximum Gasteiger partial charge on any atom is 0.254 e. The average molecular weight is 479 g/mol. The van der Waals surface area contributed by atoms with E-state index in [4.69, 9.17) is 0 Å². The molecule has 4 nitrogen and oxygen atoms in total. The number of unbranched alkanes of at least 4 members (excludes halogenated alkanes) is 7. The molecule has 2 aromatic rings. The number of fused-ring (bicyclic) bond motifs is 1. The van der Waals surface area contributed by atoms with Gasteiger partial charge in [0.2, 0.25) is 0 Å². The number of benzene rings is 2. The van der Waals surface area contributed by atoms with Gasteiger partial charge in [-0.2, -0.15) is 0 Å². The number of amides is 2. The zero-order chi connectivity index (χ0) is 25.3. The Kier molecular flexibility index (Phi) is 13.8. The summed E-state index contributed by atoms with van der Waals surface area (Å²) >= 11 is 0. The molecule has 0 radical (unpaired) electrons. The molecule has 0 saturated heterocycles. The molecule has 0 saturated carbocycles. The predicted octanol–water partition coefficient (Wildman–Crippen LogP) is 7.73. The fraction of sp³-hybridized carbons (Fsp3) is 0.548. The van der Waals surface area contributed by atoms with Crippen LogP contribution in [0.25, 0.3) is 0 Å².